The molecule has 5 nitrogen and oxygen atoms in total. The summed E-state index contributed by atoms with van der Waals surface area (Å²) >= 11 is 3.01. The highest BCUT2D eigenvalue weighted by atomic mass is 32.2. The number of hydrogen-bond acceptors (Lipinski definition) is 6. The summed E-state index contributed by atoms with van der Waals surface area (Å²) in [5.41, 5.74) is 1.30. The van der Waals surface area contributed by atoms with Crippen molar-refractivity contribution in [1.82, 2.24) is 9.55 Å². The third-order valence-electron chi connectivity index (χ3n) is 3.98. The fraction of sp³-hybridized carbons (Fsp3) is 0.316. The van der Waals surface area contributed by atoms with Gasteiger partial charge in [0.05, 0.1) is 24.1 Å². The van der Waals surface area contributed by atoms with Gasteiger partial charge in [0.15, 0.2) is 5.16 Å². The third kappa shape index (κ3) is 3.68. The maximum Gasteiger partial charge on any atom is 0.338 e. The molecule has 0 amide bonds. The van der Waals surface area contributed by atoms with E-state index < -0.39 is 0 Å². The van der Waals surface area contributed by atoms with E-state index in [0.29, 0.717) is 29.3 Å². The molecular formula is C19H20N2O3S2. The molecule has 0 bridgehead atoms. The second kappa shape index (κ2) is 8.05. The number of ether oxygens (including phenoxy) is 1. The normalized spacial score (nSPS) is 11.0. The minimum Gasteiger partial charge on any atom is -0.462 e. The van der Waals surface area contributed by atoms with Gasteiger partial charge in [-0.3, -0.25) is 9.36 Å². The Kier molecular flexibility index (Phi) is 5.78. The zero-order valence-corrected chi connectivity index (χ0v) is 16.6. The van der Waals surface area contributed by atoms with Crippen molar-refractivity contribution in [1.29, 1.82) is 0 Å². The molecule has 0 aliphatic carbocycles. The summed E-state index contributed by atoms with van der Waals surface area (Å²) in [6.45, 7) is 4.54. The van der Waals surface area contributed by atoms with Crippen LogP contribution in [0.1, 0.15) is 34.6 Å². The number of aryl methyl sites for hydroxylation is 1. The standard InChI is InChI=1S/C19H20N2O3S2/c1-4-14-10-15-16(26-14)20-19(25-3)21(17(15)22)11-12-7-6-8-13(9-12)18(23)24-5-2/h6-10H,4-5,11H2,1-3H3. The zero-order chi connectivity index (χ0) is 18.7. The largest absolute Gasteiger partial charge is 0.462 e. The number of carbonyl (C=O) groups excluding carboxylic acids is 1. The lowest BCUT2D eigenvalue weighted by Gasteiger charge is -2.11. The van der Waals surface area contributed by atoms with Crippen LogP contribution in [0.15, 0.2) is 40.3 Å². The number of thiophene rings is 1. The van der Waals surface area contributed by atoms with E-state index in [9.17, 15) is 9.59 Å². The number of benzene rings is 1. The Bertz CT molecular complexity index is 1010. The zero-order valence-electron chi connectivity index (χ0n) is 14.9. The van der Waals surface area contributed by atoms with E-state index in [0.717, 1.165) is 21.7 Å². The molecule has 2 aromatic heterocycles. The van der Waals surface area contributed by atoms with Gasteiger partial charge in [0.25, 0.3) is 5.56 Å². The van der Waals surface area contributed by atoms with Crippen molar-refractivity contribution in [3.63, 3.8) is 0 Å². The molecule has 0 radical (unpaired) electrons. The van der Waals surface area contributed by atoms with Crippen LogP contribution in [0.3, 0.4) is 0 Å². The van der Waals surface area contributed by atoms with E-state index in [1.807, 2.05) is 18.4 Å². The summed E-state index contributed by atoms with van der Waals surface area (Å²) in [5, 5.41) is 1.33. The number of aromatic nitrogens is 2. The van der Waals surface area contributed by atoms with Crippen molar-refractivity contribution in [3.05, 3.63) is 56.7 Å². The molecule has 3 aromatic rings. The van der Waals surface area contributed by atoms with E-state index in [1.165, 1.54) is 11.8 Å². The first-order chi connectivity index (χ1) is 12.6. The number of hydrogen-bond donors (Lipinski definition) is 0. The summed E-state index contributed by atoms with van der Waals surface area (Å²) in [6, 6.07) is 9.12. The highest BCUT2D eigenvalue weighted by Gasteiger charge is 2.14. The number of fused-ring (bicyclic) bond motifs is 1. The Balaban J connectivity index is 2.03. The molecule has 1 aromatic carbocycles. The Hall–Kier alpha value is -2.12. The molecule has 0 aliphatic heterocycles. The van der Waals surface area contributed by atoms with Crippen LogP contribution in [0.2, 0.25) is 0 Å². The number of rotatable bonds is 6. The van der Waals surface area contributed by atoms with Crippen molar-refractivity contribution in [2.24, 2.45) is 0 Å². The maximum absolute atomic E-state index is 13.0. The van der Waals surface area contributed by atoms with Crippen LogP contribution in [0.4, 0.5) is 0 Å². The molecular weight excluding hydrogens is 368 g/mol. The number of esters is 1. The third-order valence-corrected chi connectivity index (χ3v) is 5.83. The molecule has 0 saturated heterocycles. The van der Waals surface area contributed by atoms with Gasteiger partial charge in [-0.05, 0) is 43.4 Å². The van der Waals surface area contributed by atoms with Crippen LogP contribution in [-0.4, -0.2) is 28.4 Å². The van der Waals surface area contributed by atoms with Crippen molar-refractivity contribution >= 4 is 39.3 Å². The van der Waals surface area contributed by atoms with Crippen LogP contribution in [0.5, 0.6) is 0 Å². The highest BCUT2D eigenvalue weighted by Crippen LogP contribution is 2.24. The van der Waals surface area contributed by atoms with Crippen LogP contribution >= 0.6 is 23.1 Å². The van der Waals surface area contributed by atoms with Gasteiger partial charge in [-0.15, -0.1) is 11.3 Å². The van der Waals surface area contributed by atoms with E-state index in [1.54, 1.807) is 41.0 Å². The van der Waals surface area contributed by atoms with Gasteiger partial charge in [0.1, 0.15) is 4.83 Å². The Morgan fingerprint density at radius 1 is 1.31 bits per heavy atom. The van der Waals surface area contributed by atoms with Crippen LogP contribution in [-0.2, 0) is 17.7 Å². The van der Waals surface area contributed by atoms with Crippen molar-refractivity contribution in [2.75, 3.05) is 12.9 Å². The number of thioether (sulfide) groups is 1. The van der Waals surface area contributed by atoms with Crippen molar-refractivity contribution in [2.45, 2.75) is 32.0 Å². The Labute approximate surface area is 160 Å². The van der Waals surface area contributed by atoms with Crippen LogP contribution in [0.25, 0.3) is 10.2 Å². The van der Waals surface area contributed by atoms with E-state index >= 15 is 0 Å². The van der Waals surface area contributed by atoms with Gasteiger partial charge >= 0.3 is 5.97 Å². The van der Waals surface area contributed by atoms with Crippen molar-refractivity contribution < 1.29 is 9.53 Å². The molecule has 0 unspecified atom stereocenters. The molecule has 7 heteroatoms. The Morgan fingerprint density at radius 2 is 2.12 bits per heavy atom. The second-order valence-electron chi connectivity index (χ2n) is 5.70. The Morgan fingerprint density at radius 3 is 2.81 bits per heavy atom. The summed E-state index contributed by atoms with van der Waals surface area (Å²) in [6.07, 6.45) is 2.80. The molecule has 136 valence electrons. The highest BCUT2D eigenvalue weighted by molar-refractivity contribution is 7.98. The van der Waals surface area contributed by atoms with Gasteiger partial charge in [-0.25, -0.2) is 9.78 Å². The van der Waals surface area contributed by atoms with Gasteiger partial charge < -0.3 is 4.74 Å². The first-order valence-corrected chi connectivity index (χ1v) is 10.4. The maximum atomic E-state index is 13.0. The van der Waals surface area contributed by atoms with Gasteiger partial charge in [0.2, 0.25) is 0 Å². The molecule has 0 saturated carbocycles. The van der Waals surface area contributed by atoms with Gasteiger partial charge in [-0.2, -0.15) is 0 Å². The predicted octanol–water partition coefficient (Wildman–Crippen LogP) is 3.97. The average molecular weight is 389 g/mol. The summed E-state index contributed by atoms with van der Waals surface area (Å²) < 4.78 is 6.72. The summed E-state index contributed by atoms with van der Waals surface area (Å²) in [5.74, 6) is -0.356. The molecule has 0 fully saturated rings. The average Bonchev–Trinajstić information content (AvgIpc) is 3.08. The first-order valence-electron chi connectivity index (χ1n) is 8.40. The molecule has 0 atom stereocenters. The predicted molar refractivity (Wildman–Crippen MR) is 107 cm³/mol. The molecule has 0 spiro atoms. The fourth-order valence-corrected chi connectivity index (χ4v) is 4.28. The second-order valence-corrected chi connectivity index (χ2v) is 7.58. The van der Waals surface area contributed by atoms with E-state index in [4.69, 9.17) is 4.74 Å². The minimum absolute atomic E-state index is 0.0446. The number of nitrogens with zero attached hydrogens (tertiary/aromatic N) is 2. The van der Waals surface area contributed by atoms with Crippen LogP contribution < -0.4 is 5.56 Å². The topological polar surface area (TPSA) is 61.2 Å². The summed E-state index contributed by atoms with van der Waals surface area (Å²) in [4.78, 5) is 31.5. The number of carbonyl (C=O) groups is 1. The summed E-state index contributed by atoms with van der Waals surface area (Å²) in [7, 11) is 0. The van der Waals surface area contributed by atoms with Gasteiger partial charge in [-0.1, -0.05) is 30.8 Å². The molecule has 0 aliphatic rings. The van der Waals surface area contributed by atoms with Crippen LogP contribution in [0, 0.1) is 0 Å². The first kappa shape index (κ1) is 18.7. The molecule has 2 heterocycles. The lowest BCUT2D eigenvalue weighted by molar-refractivity contribution is 0.0526. The monoisotopic (exact) mass is 388 g/mol. The van der Waals surface area contributed by atoms with Gasteiger partial charge in [0, 0.05) is 4.88 Å². The molecule has 26 heavy (non-hydrogen) atoms. The minimum atomic E-state index is -0.356. The molecule has 0 N–H and O–H groups in total. The molecule has 3 rings (SSSR count). The lowest BCUT2D eigenvalue weighted by atomic mass is 10.1. The quantitative estimate of drug-likeness (QED) is 0.363. The smallest absolute Gasteiger partial charge is 0.338 e. The van der Waals surface area contributed by atoms with Crippen molar-refractivity contribution in [3.8, 4) is 0 Å². The fourth-order valence-electron chi connectivity index (χ4n) is 2.71. The SMILES string of the molecule is CCOC(=O)c1cccc(Cn2c(SC)nc3sc(CC)cc3c2=O)c1. The lowest BCUT2D eigenvalue weighted by Crippen LogP contribution is -2.23. The van der Waals surface area contributed by atoms with E-state index in [2.05, 4.69) is 11.9 Å². The van der Waals surface area contributed by atoms with E-state index in [-0.39, 0.29) is 11.5 Å².